The Hall–Kier alpha value is -0.630. The monoisotopic (exact) mass is 320 g/mol. The molecule has 0 spiro atoms. The molecule has 0 aromatic carbocycles. The summed E-state index contributed by atoms with van der Waals surface area (Å²) in [6.07, 6.45) is 4.96. The third-order valence-electron chi connectivity index (χ3n) is 1.50. The summed E-state index contributed by atoms with van der Waals surface area (Å²) < 4.78 is 0.371. The topological polar surface area (TPSA) is 75.7 Å². The number of nitrogens with two attached hydrogens (primary N) is 1. The highest BCUT2D eigenvalue weighted by Gasteiger charge is 2.07. The molecule has 14 heavy (non-hydrogen) atoms. The van der Waals surface area contributed by atoms with Gasteiger partial charge in [-0.05, 0) is 34.9 Å². The van der Waals surface area contributed by atoms with Crippen LogP contribution in [0.2, 0.25) is 0 Å². The number of allylic oxidation sites excluding steroid dienone is 1. The molecule has 6 heteroatoms. The second-order valence-electron chi connectivity index (χ2n) is 2.32. The van der Waals surface area contributed by atoms with E-state index in [-0.39, 0.29) is 0 Å². The average Bonchev–Trinajstić information content (AvgIpc) is 2.19. The first-order valence-corrected chi connectivity index (χ1v) is 6.03. The van der Waals surface area contributed by atoms with Crippen LogP contribution in [0.5, 0.6) is 0 Å². The van der Waals surface area contributed by atoms with Gasteiger partial charge < -0.3 is 5.73 Å². The Kier molecular flexibility index (Phi) is 4.33. The maximum absolute atomic E-state index is 7.49. The van der Waals surface area contributed by atoms with Crippen LogP contribution in [-0.4, -0.2) is 19.9 Å². The summed E-state index contributed by atoms with van der Waals surface area (Å²) >= 11 is 3.36. The normalized spacial score (nSPS) is 11.4. The lowest BCUT2D eigenvalue weighted by Gasteiger charge is -2.03. The molecule has 0 saturated heterocycles. The molecule has 1 rings (SSSR count). The number of nitrogens with zero attached hydrogens (tertiary/aromatic N) is 2. The quantitative estimate of drug-likeness (QED) is 0.386. The van der Waals surface area contributed by atoms with Crippen LogP contribution in [0.15, 0.2) is 23.6 Å². The lowest BCUT2D eigenvalue weighted by Crippen LogP contribution is -2.00. The summed E-state index contributed by atoms with van der Waals surface area (Å²) in [4.78, 5) is 8.29. The molecule has 0 unspecified atom stereocenters. The standard InChI is InChI=1S/C8H9IN4S/c1-14-8-12-3-2-6(13-8)5(4-10)7(9)11/h2-4,11H,10H2,1H3/b5-4-,11-7?. The van der Waals surface area contributed by atoms with E-state index in [1.165, 1.54) is 18.0 Å². The van der Waals surface area contributed by atoms with Crippen LogP contribution in [0.4, 0.5) is 0 Å². The molecule has 0 aliphatic heterocycles. The van der Waals surface area contributed by atoms with Gasteiger partial charge in [0, 0.05) is 18.0 Å². The molecule has 0 amide bonds. The fraction of sp³-hybridized carbons (Fsp3) is 0.125. The largest absolute Gasteiger partial charge is 0.404 e. The maximum atomic E-state index is 7.49. The molecular weight excluding hydrogens is 311 g/mol. The van der Waals surface area contributed by atoms with E-state index in [1.54, 1.807) is 12.3 Å². The van der Waals surface area contributed by atoms with Gasteiger partial charge in [0.15, 0.2) is 5.16 Å². The zero-order valence-electron chi connectivity index (χ0n) is 7.49. The summed E-state index contributed by atoms with van der Waals surface area (Å²) in [6, 6.07) is 1.74. The van der Waals surface area contributed by atoms with Crippen molar-refractivity contribution in [2.24, 2.45) is 5.73 Å². The Morgan fingerprint density at radius 2 is 2.43 bits per heavy atom. The molecular formula is C8H9IN4S. The van der Waals surface area contributed by atoms with Crippen molar-refractivity contribution in [3.8, 4) is 0 Å². The summed E-state index contributed by atoms with van der Waals surface area (Å²) in [5.74, 6) is 0. The van der Waals surface area contributed by atoms with E-state index < -0.39 is 0 Å². The molecule has 4 nitrogen and oxygen atoms in total. The van der Waals surface area contributed by atoms with Crippen LogP contribution in [-0.2, 0) is 0 Å². The van der Waals surface area contributed by atoms with Gasteiger partial charge >= 0.3 is 0 Å². The number of thioether (sulfide) groups is 1. The Bertz CT molecular complexity index is 377. The van der Waals surface area contributed by atoms with Gasteiger partial charge in [-0.1, -0.05) is 11.8 Å². The second kappa shape index (κ2) is 5.30. The zero-order chi connectivity index (χ0) is 10.6. The minimum atomic E-state index is 0.371. The molecule has 0 atom stereocenters. The smallest absolute Gasteiger partial charge is 0.187 e. The summed E-state index contributed by atoms with van der Waals surface area (Å²) in [5, 5.41) is 8.17. The molecule has 0 radical (unpaired) electrons. The third kappa shape index (κ3) is 2.68. The van der Waals surface area contributed by atoms with Crippen molar-refractivity contribution in [3.05, 3.63) is 24.2 Å². The van der Waals surface area contributed by atoms with Gasteiger partial charge in [0.2, 0.25) is 0 Å². The predicted molar refractivity (Wildman–Crippen MR) is 67.7 cm³/mol. The molecule has 0 bridgehead atoms. The van der Waals surface area contributed by atoms with Crippen molar-refractivity contribution in [3.63, 3.8) is 0 Å². The Morgan fingerprint density at radius 1 is 1.71 bits per heavy atom. The number of hydrogen-bond acceptors (Lipinski definition) is 5. The van der Waals surface area contributed by atoms with Crippen LogP contribution in [0.3, 0.4) is 0 Å². The van der Waals surface area contributed by atoms with Gasteiger partial charge in [0.05, 0.1) is 5.69 Å². The van der Waals surface area contributed by atoms with E-state index >= 15 is 0 Å². The third-order valence-corrected chi connectivity index (χ3v) is 2.64. The summed E-state index contributed by atoms with van der Waals surface area (Å²) in [7, 11) is 0. The molecule has 0 fully saturated rings. The van der Waals surface area contributed by atoms with Gasteiger partial charge in [0.25, 0.3) is 0 Å². The molecule has 1 aromatic rings. The first-order chi connectivity index (χ1) is 6.69. The van der Waals surface area contributed by atoms with Crippen LogP contribution in [0.25, 0.3) is 5.57 Å². The van der Waals surface area contributed by atoms with Gasteiger partial charge in [-0.25, -0.2) is 9.97 Å². The maximum Gasteiger partial charge on any atom is 0.187 e. The highest BCUT2D eigenvalue weighted by atomic mass is 127. The lowest BCUT2D eigenvalue weighted by molar-refractivity contribution is 0.958. The fourth-order valence-corrected chi connectivity index (χ4v) is 1.67. The van der Waals surface area contributed by atoms with Gasteiger partial charge in [-0.3, -0.25) is 5.41 Å². The molecule has 0 aliphatic rings. The van der Waals surface area contributed by atoms with Crippen molar-refractivity contribution in [1.29, 1.82) is 5.41 Å². The first kappa shape index (κ1) is 11.4. The van der Waals surface area contributed by atoms with E-state index in [9.17, 15) is 0 Å². The van der Waals surface area contributed by atoms with Crippen LogP contribution in [0.1, 0.15) is 5.69 Å². The molecule has 1 aromatic heterocycles. The van der Waals surface area contributed by atoms with E-state index in [1.807, 2.05) is 28.8 Å². The number of hydrogen-bond donors (Lipinski definition) is 2. The van der Waals surface area contributed by atoms with Crippen molar-refractivity contribution >= 4 is 43.6 Å². The average molecular weight is 320 g/mol. The second-order valence-corrected chi connectivity index (χ2v) is 4.18. The minimum Gasteiger partial charge on any atom is -0.404 e. The Balaban J connectivity index is 3.11. The number of nitrogens with one attached hydrogen (secondary N) is 1. The summed E-state index contributed by atoms with van der Waals surface area (Å²) in [6.45, 7) is 0. The van der Waals surface area contributed by atoms with Crippen molar-refractivity contribution in [2.75, 3.05) is 6.26 Å². The number of halogens is 1. The van der Waals surface area contributed by atoms with Crippen molar-refractivity contribution in [1.82, 2.24) is 9.97 Å². The van der Waals surface area contributed by atoms with Gasteiger partial charge in [0.1, 0.15) is 3.72 Å². The molecule has 0 aliphatic carbocycles. The van der Waals surface area contributed by atoms with Crippen LogP contribution >= 0.6 is 34.4 Å². The molecule has 74 valence electrons. The number of rotatable bonds is 3. The van der Waals surface area contributed by atoms with Crippen molar-refractivity contribution < 1.29 is 0 Å². The highest BCUT2D eigenvalue weighted by molar-refractivity contribution is 14.1. The highest BCUT2D eigenvalue weighted by Crippen LogP contribution is 2.17. The van der Waals surface area contributed by atoms with Crippen LogP contribution < -0.4 is 5.73 Å². The lowest BCUT2D eigenvalue weighted by atomic mass is 10.2. The first-order valence-electron chi connectivity index (χ1n) is 3.72. The van der Waals surface area contributed by atoms with Crippen LogP contribution in [0, 0.1) is 5.41 Å². The molecule has 3 N–H and O–H groups in total. The van der Waals surface area contributed by atoms with E-state index in [0.717, 1.165) is 0 Å². The predicted octanol–water partition coefficient (Wildman–Crippen LogP) is 1.91. The molecule has 0 saturated carbocycles. The van der Waals surface area contributed by atoms with E-state index in [4.69, 9.17) is 11.1 Å². The SMILES string of the molecule is CSc1nccc(/C(=C/N)C(=N)I)n1. The Labute approximate surface area is 100 Å². The minimum absolute atomic E-state index is 0.371. The van der Waals surface area contributed by atoms with E-state index in [0.29, 0.717) is 20.1 Å². The number of aromatic nitrogens is 2. The van der Waals surface area contributed by atoms with E-state index in [2.05, 4.69) is 9.97 Å². The molecule has 1 heterocycles. The fourth-order valence-electron chi connectivity index (χ4n) is 0.860. The van der Waals surface area contributed by atoms with Gasteiger partial charge in [-0.2, -0.15) is 0 Å². The summed E-state index contributed by atoms with van der Waals surface area (Å²) in [5.41, 5.74) is 6.74. The zero-order valence-corrected chi connectivity index (χ0v) is 10.5. The Morgan fingerprint density at radius 3 is 2.93 bits per heavy atom. The van der Waals surface area contributed by atoms with Gasteiger partial charge in [-0.15, -0.1) is 0 Å². The van der Waals surface area contributed by atoms with Crippen molar-refractivity contribution in [2.45, 2.75) is 5.16 Å².